The number of nitrogens with zero attached hydrogens (tertiary/aromatic N) is 5. The van der Waals surface area contributed by atoms with Crippen molar-refractivity contribution >= 4 is 10.2 Å². The summed E-state index contributed by atoms with van der Waals surface area (Å²) in [5, 5.41) is 12.7. The summed E-state index contributed by atoms with van der Waals surface area (Å²) in [6, 6.07) is 1.87. The normalized spacial score (nSPS) is 12.0. The lowest BCUT2D eigenvalue weighted by molar-refractivity contribution is 0.402. The molecule has 7 nitrogen and oxygen atoms in total. The lowest BCUT2D eigenvalue weighted by atomic mass is 10.2. The molecule has 0 spiro atoms. The molecule has 1 heterocycles. The van der Waals surface area contributed by atoms with Crippen LogP contribution in [-0.4, -0.2) is 54.0 Å². The van der Waals surface area contributed by atoms with E-state index in [1.165, 1.54) is 14.1 Å². The summed E-state index contributed by atoms with van der Waals surface area (Å²) in [4.78, 5) is 0. The average Bonchev–Trinajstić information content (AvgIpc) is 2.69. The summed E-state index contributed by atoms with van der Waals surface area (Å²) >= 11 is 0. The first-order chi connectivity index (χ1) is 8.37. The van der Waals surface area contributed by atoms with Crippen LogP contribution in [0.25, 0.3) is 0 Å². The first kappa shape index (κ1) is 14.6. The monoisotopic (exact) mass is 271 g/mol. The second-order valence-electron chi connectivity index (χ2n) is 4.05. The molecule has 0 radical (unpaired) electrons. The minimum atomic E-state index is -3.55. The number of aromatic nitrogens is 2. The maximum Gasteiger partial charge on any atom is 0.282 e. The van der Waals surface area contributed by atoms with Gasteiger partial charge in [0.05, 0.1) is 12.3 Å². The maximum atomic E-state index is 11.9. The first-order valence-corrected chi connectivity index (χ1v) is 6.79. The van der Waals surface area contributed by atoms with Gasteiger partial charge in [0, 0.05) is 33.9 Å². The second-order valence-corrected chi connectivity index (χ2v) is 6.20. The Balaban J connectivity index is 2.73. The second kappa shape index (κ2) is 5.95. The number of nitriles is 1. The smallest absolute Gasteiger partial charge is 0.276 e. The van der Waals surface area contributed by atoms with Crippen LogP contribution in [0.5, 0.6) is 0 Å². The number of aryl methyl sites for hydroxylation is 1. The molecule has 0 aliphatic heterocycles. The van der Waals surface area contributed by atoms with E-state index in [1.807, 2.05) is 12.3 Å². The van der Waals surface area contributed by atoms with Gasteiger partial charge in [0.15, 0.2) is 0 Å². The van der Waals surface area contributed by atoms with Gasteiger partial charge in [0.25, 0.3) is 10.2 Å². The molecule has 0 saturated carbocycles. The summed E-state index contributed by atoms with van der Waals surface area (Å²) < 4.78 is 27.8. The van der Waals surface area contributed by atoms with Crippen LogP contribution < -0.4 is 0 Å². The summed E-state index contributed by atoms with van der Waals surface area (Å²) in [7, 11) is 1.15. The van der Waals surface area contributed by atoms with Crippen molar-refractivity contribution in [3.8, 4) is 6.07 Å². The Kier molecular flexibility index (Phi) is 4.84. The Hall–Kier alpha value is -1.43. The zero-order valence-corrected chi connectivity index (χ0v) is 11.6. The van der Waals surface area contributed by atoms with Crippen molar-refractivity contribution in [2.75, 3.05) is 27.2 Å². The van der Waals surface area contributed by atoms with Crippen molar-refractivity contribution in [1.82, 2.24) is 18.4 Å². The first-order valence-electron chi connectivity index (χ1n) is 5.40. The highest BCUT2D eigenvalue weighted by atomic mass is 32.2. The zero-order chi connectivity index (χ0) is 13.8. The fourth-order valence-corrected chi connectivity index (χ4v) is 2.45. The minimum absolute atomic E-state index is 0.152. The van der Waals surface area contributed by atoms with Crippen molar-refractivity contribution in [1.29, 1.82) is 5.26 Å². The standard InChI is InChI=1S/C10H17N5O2S/c1-13(2)18(16,17)15(7-5-11)6-4-10-8-12-14(3)9-10/h8-9H,4,6-7H2,1-3H3. The molecule has 0 N–H and O–H groups in total. The summed E-state index contributed by atoms with van der Waals surface area (Å²) in [6.45, 7) is 0.112. The van der Waals surface area contributed by atoms with Gasteiger partial charge in [-0.1, -0.05) is 0 Å². The molecule has 1 rings (SSSR count). The number of hydrogen-bond donors (Lipinski definition) is 0. The Labute approximate surface area is 107 Å². The Bertz CT molecular complexity index is 529. The lowest BCUT2D eigenvalue weighted by Crippen LogP contribution is -2.41. The van der Waals surface area contributed by atoms with Gasteiger partial charge < -0.3 is 0 Å². The molecule has 0 aliphatic carbocycles. The largest absolute Gasteiger partial charge is 0.282 e. The summed E-state index contributed by atoms with van der Waals surface area (Å²) in [5.74, 6) is 0. The van der Waals surface area contributed by atoms with Crippen LogP contribution in [0, 0.1) is 11.3 Å². The molecule has 100 valence electrons. The lowest BCUT2D eigenvalue weighted by Gasteiger charge is -2.22. The minimum Gasteiger partial charge on any atom is -0.276 e. The van der Waals surface area contributed by atoms with Gasteiger partial charge in [0.1, 0.15) is 6.54 Å². The topological polar surface area (TPSA) is 82.2 Å². The van der Waals surface area contributed by atoms with Crippen LogP contribution in [0.3, 0.4) is 0 Å². The molecule has 8 heteroatoms. The molecule has 1 aromatic rings. The predicted octanol–water partition coefficient (Wildman–Crippen LogP) is -0.405. The Morgan fingerprint density at radius 2 is 2.17 bits per heavy atom. The molecule has 0 amide bonds. The van der Waals surface area contributed by atoms with E-state index < -0.39 is 10.2 Å². The van der Waals surface area contributed by atoms with E-state index in [1.54, 1.807) is 17.9 Å². The van der Waals surface area contributed by atoms with Gasteiger partial charge in [-0.15, -0.1) is 0 Å². The molecular formula is C10H17N5O2S. The van der Waals surface area contributed by atoms with Crippen molar-refractivity contribution in [2.24, 2.45) is 7.05 Å². The molecule has 1 aromatic heterocycles. The Morgan fingerprint density at radius 1 is 1.50 bits per heavy atom. The van der Waals surface area contributed by atoms with Crippen molar-refractivity contribution < 1.29 is 8.42 Å². The Morgan fingerprint density at radius 3 is 2.61 bits per heavy atom. The van der Waals surface area contributed by atoms with Crippen molar-refractivity contribution in [3.63, 3.8) is 0 Å². The molecule has 0 atom stereocenters. The van der Waals surface area contributed by atoms with Crippen LogP contribution in [-0.2, 0) is 23.7 Å². The fourth-order valence-electron chi connectivity index (χ4n) is 1.44. The third-order valence-corrected chi connectivity index (χ3v) is 4.33. The molecular weight excluding hydrogens is 254 g/mol. The van der Waals surface area contributed by atoms with Gasteiger partial charge in [-0.3, -0.25) is 4.68 Å². The molecule has 0 bridgehead atoms. The number of hydrogen-bond acceptors (Lipinski definition) is 4. The van der Waals surface area contributed by atoms with E-state index in [9.17, 15) is 8.42 Å². The van der Waals surface area contributed by atoms with Gasteiger partial charge in [-0.05, 0) is 12.0 Å². The van der Waals surface area contributed by atoms with E-state index >= 15 is 0 Å². The van der Waals surface area contributed by atoms with E-state index in [-0.39, 0.29) is 13.1 Å². The van der Waals surface area contributed by atoms with Gasteiger partial charge in [-0.2, -0.15) is 27.4 Å². The third kappa shape index (κ3) is 3.53. The molecule has 0 aromatic carbocycles. The van der Waals surface area contributed by atoms with Crippen LogP contribution in [0.1, 0.15) is 5.56 Å². The van der Waals surface area contributed by atoms with Gasteiger partial charge >= 0.3 is 0 Å². The molecule has 0 saturated heterocycles. The molecule has 0 unspecified atom stereocenters. The highest BCUT2D eigenvalue weighted by Gasteiger charge is 2.23. The van der Waals surface area contributed by atoms with Gasteiger partial charge in [0.2, 0.25) is 0 Å². The summed E-state index contributed by atoms with van der Waals surface area (Å²) in [6.07, 6.45) is 4.04. The van der Waals surface area contributed by atoms with E-state index in [0.717, 1.165) is 14.2 Å². The van der Waals surface area contributed by atoms with Crippen molar-refractivity contribution in [2.45, 2.75) is 6.42 Å². The highest BCUT2D eigenvalue weighted by Crippen LogP contribution is 2.06. The van der Waals surface area contributed by atoms with E-state index in [0.29, 0.717) is 6.42 Å². The molecule has 0 fully saturated rings. The number of rotatable bonds is 6. The van der Waals surface area contributed by atoms with E-state index in [2.05, 4.69) is 5.10 Å². The fraction of sp³-hybridized carbons (Fsp3) is 0.600. The summed E-state index contributed by atoms with van der Waals surface area (Å²) in [5.41, 5.74) is 0.939. The zero-order valence-electron chi connectivity index (χ0n) is 10.7. The average molecular weight is 271 g/mol. The quantitative estimate of drug-likeness (QED) is 0.659. The van der Waals surface area contributed by atoms with E-state index in [4.69, 9.17) is 5.26 Å². The SMILES string of the molecule is CN(C)S(=O)(=O)N(CC#N)CCc1cnn(C)c1. The molecule has 0 aliphatic rings. The van der Waals surface area contributed by atoms with Crippen LogP contribution in [0.15, 0.2) is 12.4 Å². The maximum absolute atomic E-state index is 11.9. The highest BCUT2D eigenvalue weighted by molar-refractivity contribution is 7.86. The van der Waals surface area contributed by atoms with Crippen molar-refractivity contribution in [3.05, 3.63) is 18.0 Å². The predicted molar refractivity (Wildman–Crippen MR) is 66.7 cm³/mol. The van der Waals surface area contributed by atoms with Gasteiger partial charge in [-0.25, -0.2) is 0 Å². The van der Waals surface area contributed by atoms with Crippen LogP contribution >= 0.6 is 0 Å². The third-order valence-electron chi connectivity index (χ3n) is 2.44. The van der Waals surface area contributed by atoms with Crippen LogP contribution in [0.4, 0.5) is 0 Å². The molecule has 18 heavy (non-hydrogen) atoms. The van der Waals surface area contributed by atoms with Crippen LogP contribution in [0.2, 0.25) is 0 Å².